The van der Waals surface area contributed by atoms with Crippen molar-refractivity contribution in [1.29, 1.82) is 0 Å². The summed E-state index contributed by atoms with van der Waals surface area (Å²) < 4.78 is 0. The number of hydrogen-bond acceptors (Lipinski definition) is 4. The Morgan fingerprint density at radius 3 is 2.65 bits per heavy atom. The maximum atomic E-state index is 5.77. The maximum absolute atomic E-state index is 5.77. The number of nitrogens with zero attached hydrogens (tertiary/aromatic N) is 2. The van der Waals surface area contributed by atoms with Gasteiger partial charge in [0.1, 0.15) is 0 Å². The summed E-state index contributed by atoms with van der Waals surface area (Å²) in [5.74, 6) is 0.535. The van der Waals surface area contributed by atoms with E-state index >= 15 is 0 Å². The Morgan fingerprint density at radius 1 is 1.26 bits per heavy atom. The Labute approximate surface area is 138 Å². The molecular formula is C19H24N4. The van der Waals surface area contributed by atoms with Gasteiger partial charge in [-0.3, -0.25) is 0 Å². The molecule has 0 saturated heterocycles. The summed E-state index contributed by atoms with van der Waals surface area (Å²) in [7, 11) is 0. The number of nitrogens with one attached hydrogen (secondary N) is 1. The summed E-state index contributed by atoms with van der Waals surface area (Å²) in [5.41, 5.74) is 9.73. The molecule has 0 unspecified atom stereocenters. The van der Waals surface area contributed by atoms with E-state index in [-0.39, 0.29) is 0 Å². The van der Waals surface area contributed by atoms with Crippen LogP contribution in [-0.4, -0.2) is 9.97 Å². The summed E-state index contributed by atoms with van der Waals surface area (Å²) in [6.07, 6.45) is 18.9. The number of allylic oxidation sites excluding steroid dienone is 6. The third-order valence-electron chi connectivity index (χ3n) is 3.63. The zero-order chi connectivity index (χ0) is 16.5. The van der Waals surface area contributed by atoms with Crippen molar-refractivity contribution in [2.45, 2.75) is 32.1 Å². The molecule has 1 aliphatic rings. The highest BCUT2D eigenvalue weighted by Crippen LogP contribution is 2.20. The number of rotatable bonds is 7. The van der Waals surface area contributed by atoms with Gasteiger partial charge in [-0.1, -0.05) is 30.9 Å². The van der Waals surface area contributed by atoms with Crippen LogP contribution in [-0.2, 0) is 6.42 Å². The second-order valence-corrected chi connectivity index (χ2v) is 5.53. The van der Waals surface area contributed by atoms with Crippen LogP contribution in [0.5, 0.6) is 0 Å². The van der Waals surface area contributed by atoms with Crippen LogP contribution < -0.4 is 11.1 Å². The number of anilines is 1. The predicted octanol–water partition coefficient (Wildman–Crippen LogP) is 4.03. The van der Waals surface area contributed by atoms with Crippen LogP contribution in [0.15, 0.2) is 72.9 Å². The Hall–Kier alpha value is -2.62. The Bertz CT molecular complexity index is 636. The van der Waals surface area contributed by atoms with E-state index in [1.165, 1.54) is 31.3 Å². The zero-order valence-electron chi connectivity index (χ0n) is 13.5. The smallest absolute Gasteiger partial charge is 0.227 e. The van der Waals surface area contributed by atoms with Crippen molar-refractivity contribution in [1.82, 2.24) is 9.97 Å². The molecule has 1 aromatic heterocycles. The molecule has 23 heavy (non-hydrogen) atoms. The zero-order valence-corrected chi connectivity index (χ0v) is 13.5. The Balaban J connectivity index is 2.03. The molecule has 0 radical (unpaired) electrons. The quantitative estimate of drug-likeness (QED) is 0.589. The maximum Gasteiger partial charge on any atom is 0.227 e. The van der Waals surface area contributed by atoms with Crippen LogP contribution in [0.1, 0.15) is 31.2 Å². The van der Waals surface area contributed by atoms with E-state index in [4.69, 9.17) is 5.73 Å². The van der Waals surface area contributed by atoms with Gasteiger partial charge in [0.05, 0.1) is 0 Å². The molecule has 0 amide bonds. The van der Waals surface area contributed by atoms with Crippen molar-refractivity contribution in [2.24, 2.45) is 5.73 Å². The van der Waals surface area contributed by atoms with Crippen molar-refractivity contribution < 1.29 is 0 Å². The van der Waals surface area contributed by atoms with Gasteiger partial charge in [-0.05, 0) is 55.9 Å². The normalized spacial score (nSPS) is 15.7. The van der Waals surface area contributed by atoms with Crippen LogP contribution in [0.4, 0.5) is 5.95 Å². The van der Waals surface area contributed by atoms with E-state index in [9.17, 15) is 0 Å². The van der Waals surface area contributed by atoms with E-state index < -0.39 is 0 Å². The third-order valence-corrected chi connectivity index (χ3v) is 3.63. The van der Waals surface area contributed by atoms with Crippen LogP contribution in [0, 0.1) is 0 Å². The minimum absolute atomic E-state index is 0.535. The van der Waals surface area contributed by atoms with Gasteiger partial charge < -0.3 is 11.1 Å². The third kappa shape index (κ3) is 5.58. The molecule has 4 heteroatoms. The van der Waals surface area contributed by atoms with Crippen molar-refractivity contribution >= 4 is 5.95 Å². The first-order chi connectivity index (χ1) is 11.2. The van der Waals surface area contributed by atoms with Crippen molar-refractivity contribution in [2.75, 3.05) is 5.32 Å². The first-order valence-electron chi connectivity index (χ1n) is 7.89. The highest BCUT2D eigenvalue weighted by Gasteiger charge is 2.06. The lowest BCUT2D eigenvalue weighted by molar-refractivity contribution is 0.687. The van der Waals surface area contributed by atoms with Gasteiger partial charge in [0.2, 0.25) is 5.95 Å². The number of aromatic nitrogens is 2. The monoisotopic (exact) mass is 308 g/mol. The van der Waals surface area contributed by atoms with Crippen LogP contribution >= 0.6 is 0 Å². The van der Waals surface area contributed by atoms with Crippen LogP contribution in [0.25, 0.3) is 0 Å². The standard InChI is InChI=1S/C19H24N4/c1-3-8-18(12-17(20)4-2)23-19-21-13-16(14-22-19)11-15-9-6-5-7-10-15/h3-4,8-9,12-14H,1-2,5-7,10-11,20H2,(H,21,22,23)/b17-12+,18-8?. The van der Waals surface area contributed by atoms with Crippen LogP contribution in [0.2, 0.25) is 0 Å². The molecule has 3 N–H and O–H groups in total. The van der Waals surface area contributed by atoms with E-state index in [2.05, 4.69) is 34.5 Å². The molecule has 0 atom stereocenters. The molecule has 4 nitrogen and oxygen atoms in total. The van der Waals surface area contributed by atoms with Gasteiger partial charge in [-0.25, -0.2) is 9.97 Å². The van der Waals surface area contributed by atoms with Gasteiger partial charge in [-0.15, -0.1) is 0 Å². The predicted molar refractivity (Wildman–Crippen MR) is 96.7 cm³/mol. The average Bonchev–Trinajstić information content (AvgIpc) is 2.57. The molecule has 120 valence electrons. The molecule has 0 aliphatic heterocycles. The number of hydrogen-bond donors (Lipinski definition) is 2. The molecule has 1 heterocycles. The van der Waals surface area contributed by atoms with Gasteiger partial charge in [0.25, 0.3) is 0 Å². The first kappa shape index (κ1) is 16.7. The summed E-state index contributed by atoms with van der Waals surface area (Å²) in [5, 5.41) is 3.12. The molecule has 0 aromatic carbocycles. The van der Waals surface area contributed by atoms with E-state index in [1.54, 1.807) is 24.3 Å². The number of nitrogens with two attached hydrogens (primary N) is 1. The minimum Gasteiger partial charge on any atom is -0.399 e. The van der Waals surface area contributed by atoms with E-state index in [0.29, 0.717) is 11.6 Å². The summed E-state index contributed by atoms with van der Waals surface area (Å²) in [6, 6.07) is 0. The highest BCUT2D eigenvalue weighted by molar-refractivity contribution is 5.43. The molecule has 2 rings (SSSR count). The summed E-state index contributed by atoms with van der Waals surface area (Å²) >= 11 is 0. The highest BCUT2D eigenvalue weighted by atomic mass is 15.1. The lowest BCUT2D eigenvalue weighted by Gasteiger charge is -2.12. The Morgan fingerprint density at radius 2 is 2.04 bits per heavy atom. The van der Waals surface area contributed by atoms with Crippen molar-refractivity contribution in [3.8, 4) is 0 Å². The van der Waals surface area contributed by atoms with Crippen molar-refractivity contribution in [3.05, 3.63) is 78.5 Å². The molecule has 0 bridgehead atoms. The first-order valence-corrected chi connectivity index (χ1v) is 7.89. The van der Waals surface area contributed by atoms with E-state index in [0.717, 1.165) is 17.7 Å². The molecule has 0 saturated carbocycles. The van der Waals surface area contributed by atoms with Gasteiger partial charge in [0.15, 0.2) is 0 Å². The van der Waals surface area contributed by atoms with Gasteiger partial charge in [-0.2, -0.15) is 0 Å². The van der Waals surface area contributed by atoms with Gasteiger partial charge in [0, 0.05) is 23.8 Å². The fraction of sp³-hybridized carbons (Fsp3) is 0.263. The second-order valence-electron chi connectivity index (χ2n) is 5.53. The SMILES string of the molecule is C=CC=C(/C=C(/N)C=C)Nc1ncc(CC2=CCCCC2)cn1. The molecule has 0 fully saturated rings. The fourth-order valence-electron chi connectivity index (χ4n) is 2.46. The van der Waals surface area contributed by atoms with Crippen LogP contribution in [0.3, 0.4) is 0 Å². The molecule has 0 spiro atoms. The van der Waals surface area contributed by atoms with Crippen molar-refractivity contribution in [3.63, 3.8) is 0 Å². The molecular weight excluding hydrogens is 284 g/mol. The van der Waals surface area contributed by atoms with E-state index in [1.807, 2.05) is 12.4 Å². The fourth-order valence-corrected chi connectivity index (χ4v) is 2.46. The molecule has 1 aliphatic carbocycles. The minimum atomic E-state index is 0.535. The molecule has 1 aromatic rings. The largest absolute Gasteiger partial charge is 0.399 e. The lowest BCUT2D eigenvalue weighted by atomic mass is 9.95. The lowest BCUT2D eigenvalue weighted by Crippen LogP contribution is -2.05. The average molecular weight is 308 g/mol. The topological polar surface area (TPSA) is 63.8 Å². The summed E-state index contributed by atoms with van der Waals surface area (Å²) in [4.78, 5) is 8.76. The Kier molecular flexibility index (Phi) is 6.36. The second kappa shape index (κ2) is 8.73. The van der Waals surface area contributed by atoms with Gasteiger partial charge >= 0.3 is 0 Å². The summed E-state index contributed by atoms with van der Waals surface area (Å²) in [6.45, 7) is 7.33.